The predicted molar refractivity (Wildman–Crippen MR) is 104 cm³/mol. The van der Waals surface area contributed by atoms with Gasteiger partial charge in [-0.2, -0.15) is 0 Å². The molecule has 0 spiro atoms. The van der Waals surface area contributed by atoms with Gasteiger partial charge in [0, 0.05) is 12.0 Å². The zero-order valence-corrected chi connectivity index (χ0v) is 16.4. The van der Waals surface area contributed by atoms with Gasteiger partial charge in [-0.15, -0.1) is 0 Å². The standard InChI is InChI=1S/C23H31NO3/c1-13(23(25)26-2)22(15-4-5-15)16-6-3-14-7-8-20(27-21(14)10-16)19-11-18-9-17(19)12-24-18/h3,6,10,13,15,17-20,22,24H,4-5,7-9,11-12H2,1-2H3/t13?,17-,18?,19?,20?,22?/m1/s1. The molecule has 0 aromatic heterocycles. The van der Waals surface area contributed by atoms with E-state index < -0.39 is 0 Å². The Kier molecular flexibility index (Phi) is 4.42. The Morgan fingerprint density at radius 2 is 2.11 bits per heavy atom. The maximum Gasteiger partial charge on any atom is 0.309 e. The van der Waals surface area contributed by atoms with E-state index in [-0.39, 0.29) is 17.8 Å². The van der Waals surface area contributed by atoms with Crippen LogP contribution in [0, 0.1) is 23.7 Å². The number of hydrogen-bond donors (Lipinski definition) is 1. The van der Waals surface area contributed by atoms with Crippen molar-refractivity contribution in [2.75, 3.05) is 13.7 Å². The highest BCUT2D eigenvalue weighted by Gasteiger charge is 2.45. The van der Waals surface area contributed by atoms with E-state index in [4.69, 9.17) is 9.47 Å². The number of fused-ring (bicyclic) bond motifs is 3. The fourth-order valence-electron chi connectivity index (χ4n) is 6.01. The number of carbonyl (C=O) groups is 1. The molecule has 2 aliphatic heterocycles. The lowest BCUT2D eigenvalue weighted by Crippen LogP contribution is -2.39. The minimum atomic E-state index is -0.100. The Morgan fingerprint density at radius 3 is 2.78 bits per heavy atom. The summed E-state index contributed by atoms with van der Waals surface area (Å²) < 4.78 is 11.6. The molecule has 5 rings (SSSR count). The molecule has 146 valence electrons. The number of methoxy groups -OCH3 is 1. The highest BCUT2D eigenvalue weighted by molar-refractivity contribution is 5.73. The molecule has 2 aliphatic carbocycles. The van der Waals surface area contributed by atoms with Crippen LogP contribution in [-0.4, -0.2) is 31.8 Å². The summed E-state index contributed by atoms with van der Waals surface area (Å²) in [6, 6.07) is 7.43. The molecule has 6 atom stereocenters. The zero-order chi connectivity index (χ0) is 18.5. The molecule has 1 saturated heterocycles. The molecule has 4 aliphatic rings. The predicted octanol–water partition coefficient (Wildman–Crippen LogP) is 3.68. The molecule has 4 nitrogen and oxygen atoms in total. The zero-order valence-electron chi connectivity index (χ0n) is 16.4. The monoisotopic (exact) mass is 369 g/mol. The number of esters is 1. The number of hydrogen-bond acceptors (Lipinski definition) is 4. The molecule has 0 amide bonds. The number of rotatable bonds is 5. The lowest BCUT2D eigenvalue weighted by molar-refractivity contribution is -0.145. The third-order valence-corrected chi connectivity index (χ3v) is 7.59. The van der Waals surface area contributed by atoms with E-state index in [1.54, 1.807) is 0 Å². The van der Waals surface area contributed by atoms with Gasteiger partial charge in [-0.25, -0.2) is 0 Å². The third-order valence-electron chi connectivity index (χ3n) is 7.59. The first-order chi connectivity index (χ1) is 13.1. The van der Waals surface area contributed by atoms with Gasteiger partial charge in [0.2, 0.25) is 0 Å². The van der Waals surface area contributed by atoms with Crippen LogP contribution in [0.5, 0.6) is 5.75 Å². The topological polar surface area (TPSA) is 47.6 Å². The van der Waals surface area contributed by atoms with Crippen LogP contribution in [0.4, 0.5) is 0 Å². The average Bonchev–Trinajstić information content (AvgIpc) is 3.29. The van der Waals surface area contributed by atoms with Gasteiger partial charge in [-0.3, -0.25) is 4.79 Å². The van der Waals surface area contributed by atoms with Crippen molar-refractivity contribution in [3.8, 4) is 5.75 Å². The molecule has 1 aromatic carbocycles. The SMILES string of the molecule is COC(=O)C(C)C(c1ccc2c(c1)OC(C1CC3C[C@@H]1CN3)CC2)C1CC1. The summed E-state index contributed by atoms with van der Waals surface area (Å²) in [5.74, 6) is 3.23. The van der Waals surface area contributed by atoms with Gasteiger partial charge < -0.3 is 14.8 Å². The Balaban J connectivity index is 1.37. The van der Waals surface area contributed by atoms with Crippen molar-refractivity contribution >= 4 is 5.97 Å². The second-order valence-corrected chi connectivity index (χ2v) is 9.24. The van der Waals surface area contributed by atoms with Crippen molar-refractivity contribution in [3.63, 3.8) is 0 Å². The molecule has 5 unspecified atom stereocenters. The molecule has 27 heavy (non-hydrogen) atoms. The van der Waals surface area contributed by atoms with Gasteiger partial charge in [0.1, 0.15) is 11.9 Å². The van der Waals surface area contributed by atoms with E-state index in [1.165, 1.54) is 50.5 Å². The van der Waals surface area contributed by atoms with Crippen molar-refractivity contribution in [2.45, 2.75) is 63.5 Å². The smallest absolute Gasteiger partial charge is 0.309 e. The van der Waals surface area contributed by atoms with Crippen molar-refractivity contribution in [3.05, 3.63) is 29.3 Å². The molecule has 3 fully saturated rings. The largest absolute Gasteiger partial charge is 0.490 e. The lowest BCUT2D eigenvalue weighted by atomic mass is 9.81. The minimum Gasteiger partial charge on any atom is -0.490 e. The van der Waals surface area contributed by atoms with E-state index in [0.29, 0.717) is 17.9 Å². The normalized spacial score (nSPS) is 33.9. The van der Waals surface area contributed by atoms with E-state index in [2.05, 4.69) is 23.5 Å². The lowest BCUT2D eigenvalue weighted by Gasteiger charge is -2.35. The van der Waals surface area contributed by atoms with Gasteiger partial charge in [-0.1, -0.05) is 19.1 Å². The summed E-state index contributed by atoms with van der Waals surface area (Å²) in [5.41, 5.74) is 2.58. The first-order valence-electron chi connectivity index (χ1n) is 10.7. The summed E-state index contributed by atoms with van der Waals surface area (Å²) >= 11 is 0. The van der Waals surface area contributed by atoms with Crippen molar-refractivity contribution < 1.29 is 14.3 Å². The highest BCUT2D eigenvalue weighted by atomic mass is 16.5. The second kappa shape index (κ2) is 6.80. The van der Waals surface area contributed by atoms with E-state index >= 15 is 0 Å². The Hall–Kier alpha value is -1.55. The summed E-state index contributed by atoms with van der Waals surface area (Å²) in [6.07, 6.45) is 7.65. The fraction of sp³-hybridized carbons (Fsp3) is 0.696. The maximum absolute atomic E-state index is 12.2. The number of nitrogens with one attached hydrogen (secondary N) is 1. The van der Waals surface area contributed by atoms with Gasteiger partial charge >= 0.3 is 5.97 Å². The highest BCUT2D eigenvalue weighted by Crippen LogP contribution is 2.49. The molecule has 0 radical (unpaired) electrons. The first-order valence-corrected chi connectivity index (χ1v) is 10.7. The van der Waals surface area contributed by atoms with Crippen molar-refractivity contribution in [2.24, 2.45) is 23.7 Å². The average molecular weight is 370 g/mol. The van der Waals surface area contributed by atoms with Crippen molar-refractivity contribution in [1.29, 1.82) is 0 Å². The Labute approximate surface area is 162 Å². The number of benzene rings is 1. The molecule has 2 heterocycles. The molecule has 4 heteroatoms. The number of aryl methyl sites for hydroxylation is 1. The van der Waals surface area contributed by atoms with Gasteiger partial charge in [-0.05, 0) is 80.0 Å². The minimum absolute atomic E-state index is 0.0992. The van der Waals surface area contributed by atoms with Crippen LogP contribution in [-0.2, 0) is 16.0 Å². The second-order valence-electron chi connectivity index (χ2n) is 9.24. The van der Waals surface area contributed by atoms with Crippen LogP contribution in [0.25, 0.3) is 0 Å². The van der Waals surface area contributed by atoms with E-state index in [1.807, 2.05) is 6.92 Å². The summed E-state index contributed by atoms with van der Waals surface area (Å²) in [5, 5.41) is 3.62. The van der Waals surface area contributed by atoms with Crippen LogP contribution in [0.2, 0.25) is 0 Å². The number of carbonyl (C=O) groups excluding carboxylic acids is 1. The molecular weight excluding hydrogens is 338 g/mol. The molecule has 1 N–H and O–H groups in total. The Bertz CT molecular complexity index is 728. The van der Waals surface area contributed by atoms with Crippen LogP contribution in [0.3, 0.4) is 0 Å². The maximum atomic E-state index is 12.2. The van der Waals surface area contributed by atoms with Gasteiger partial charge in [0.15, 0.2) is 0 Å². The fourth-order valence-corrected chi connectivity index (χ4v) is 6.01. The van der Waals surface area contributed by atoms with Crippen LogP contribution in [0.15, 0.2) is 18.2 Å². The summed E-state index contributed by atoms with van der Waals surface area (Å²) in [7, 11) is 1.49. The molecule has 1 aromatic rings. The van der Waals surface area contributed by atoms with Crippen molar-refractivity contribution in [1.82, 2.24) is 5.32 Å². The molecular formula is C23H31NO3. The Morgan fingerprint density at radius 1 is 1.26 bits per heavy atom. The van der Waals surface area contributed by atoms with Gasteiger partial charge in [0.25, 0.3) is 0 Å². The number of piperidine rings is 1. The van der Waals surface area contributed by atoms with E-state index in [0.717, 1.165) is 30.6 Å². The summed E-state index contributed by atoms with van der Waals surface area (Å²) in [4.78, 5) is 12.2. The quantitative estimate of drug-likeness (QED) is 0.805. The third kappa shape index (κ3) is 3.16. The van der Waals surface area contributed by atoms with Crippen LogP contribution >= 0.6 is 0 Å². The number of ether oxygens (including phenoxy) is 2. The first kappa shape index (κ1) is 17.5. The summed E-state index contributed by atoms with van der Waals surface area (Å²) in [6.45, 7) is 3.18. The van der Waals surface area contributed by atoms with E-state index in [9.17, 15) is 4.79 Å². The van der Waals surface area contributed by atoms with Gasteiger partial charge in [0.05, 0.1) is 13.0 Å². The molecule has 2 bridgehead atoms. The van der Waals surface area contributed by atoms with Crippen LogP contribution < -0.4 is 10.1 Å². The van der Waals surface area contributed by atoms with Crippen LogP contribution in [0.1, 0.15) is 56.1 Å². The molecule has 2 saturated carbocycles.